The van der Waals surface area contributed by atoms with Crippen LogP contribution in [0, 0.1) is 12.8 Å². The molecule has 4 aromatic carbocycles. The number of primary amides is 1. The molecular formula is C45H54N6O3. The van der Waals surface area contributed by atoms with Crippen LogP contribution in [0.15, 0.2) is 91.0 Å². The number of nitrogens with one attached hydrogen (secondary N) is 2. The van der Waals surface area contributed by atoms with Crippen molar-refractivity contribution in [2.24, 2.45) is 11.7 Å². The van der Waals surface area contributed by atoms with Crippen LogP contribution in [0.1, 0.15) is 88.4 Å². The van der Waals surface area contributed by atoms with E-state index in [9.17, 15) is 9.59 Å². The summed E-state index contributed by atoms with van der Waals surface area (Å²) in [6.45, 7) is 11.8. The maximum Gasteiger partial charge on any atom is 0.319 e. The fraction of sp³-hybridized carbons (Fsp3) is 0.400. The number of aryl methyl sites for hydroxylation is 2. The molecular weight excluding hydrogens is 673 g/mol. The fourth-order valence-corrected chi connectivity index (χ4v) is 8.36. The van der Waals surface area contributed by atoms with Crippen molar-refractivity contribution in [3.05, 3.63) is 108 Å². The third kappa shape index (κ3) is 8.63. The van der Waals surface area contributed by atoms with Crippen LogP contribution in [0.3, 0.4) is 0 Å². The average Bonchev–Trinajstić information content (AvgIpc) is 3.52. The number of nitrogens with zero attached hydrogens (tertiary/aromatic N) is 3. The van der Waals surface area contributed by atoms with Gasteiger partial charge in [-0.2, -0.15) is 0 Å². The highest BCUT2D eigenvalue weighted by molar-refractivity contribution is 5.91. The average molecular weight is 727 g/mol. The summed E-state index contributed by atoms with van der Waals surface area (Å²) in [6.07, 6.45) is 7.44. The van der Waals surface area contributed by atoms with Crippen LogP contribution in [0.5, 0.6) is 11.5 Å². The molecule has 0 aliphatic carbocycles. The van der Waals surface area contributed by atoms with Crippen molar-refractivity contribution in [3.63, 3.8) is 0 Å². The minimum Gasteiger partial charge on any atom is -0.457 e. The van der Waals surface area contributed by atoms with Crippen LogP contribution >= 0.6 is 0 Å². The van der Waals surface area contributed by atoms with E-state index in [2.05, 4.69) is 71.2 Å². The first-order valence-electron chi connectivity index (χ1n) is 19.6. The predicted molar refractivity (Wildman–Crippen MR) is 217 cm³/mol. The Morgan fingerprint density at radius 2 is 1.70 bits per heavy atom. The van der Waals surface area contributed by atoms with Gasteiger partial charge in [0.1, 0.15) is 17.3 Å². The Morgan fingerprint density at radius 1 is 0.907 bits per heavy atom. The quantitative estimate of drug-likeness (QED) is 0.126. The van der Waals surface area contributed by atoms with Gasteiger partial charge in [-0.15, -0.1) is 0 Å². The van der Waals surface area contributed by atoms with Gasteiger partial charge in [0.25, 0.3) is 0 Å². The molecule has 3 unspecified atom stereocenters. The molecule has 0 radical (unpaired) electrons. The highest BCUT2D eigenvalue weighted by Crippen LogP contribution is 2.36. The predicted octanol–water partition coefficient (Wildman–Crippen LogP) is 9.49. The Labute approximate surface area is 319 Å². The van der Waals surface area contributed by atoms with Crippen molar-refractivity contribution in [2.45, 2.75) is 96.7 Å². The maximum atomic E-state index is 13.2. The molecule has 5 aromatic rings. The van der Waals surface area contributed by atoms with E-state index in [-0.39, 0.29) is 11.8 Å². The molecule has 2 fully saturated rings. The minimum absolute atomic E-state index is 0.0457. The van der Waals surface area contributed by atoms with Crippen molar-refractivity contribution in [3.8, 4) is 22.9 Å². The number of fused-ring (bicyclic) bond motifs is 2. The van der Waals surface area contributed by atoms with Crippen LogP contribution in [0.25, 0.3) is 22.4 Å². The van der Waals surface area contributed by atoms with Crippen LogP contribution in [0.2, 0.25) is 0 Å². The summed E-state index contributed by atoms with van der Waals surface area (Å²) in [5, 5.41) is 5.91. The molecule has 0 bridgehead atoms. The lowest BCUT2D eigenvalue weighted by Gasteiger charge is -2.44. The Morgan fingerprint density at radius 3 is 2.48 bits per heavy atom. The van der Waals surface area contributed by atoms with E-state index in [1.807, 2.05) is 67.6 Å². The highest BCUT2D eigenvalue weighted by atomic mass is 16.5. The summed E-state index contributed by atoms with van der Waals surface area (Å²) in [5.74, 6) is 2.53. The van der Waals surface area contributed by atoms with Gasteiger partial charge in [0.15, 0.2) is 0 Å². The molecule has 9 heteroatoms. The molecule has 3 atom stereocenters. The SMILES string of the molecule is Cc1ccccc1NC(=O)NC(CC(N)=O)c1ccc2c(c1)nc(-c1cccc(Oc3ccc(C(C)(C)C)cc3)c1)n2CCC1CCCN2CCCCC12. The molecule has 2 aliphatic heterocycles. The van der Waals surface area contributed by atoms with Crippen LogP contribution < -0.4 is 21.1 Å². The molecule has 7 rings (SSSR count). The number of aromatic nitrogens is 2. The Balaban J connectivity index is 1.20. The Hall–Kier alpha value is -5.15. The monoisotopic (exact) mass is 726 g/mol. The number of carbonyl (C=O) groups excluding carboxylic acids is 2. The van der Waals surface area contributed by atoms with E-state index in [1.54, 1.807) is 0 Å². The van der Waals surface area contributed by atoms with E-state index >= 15 is 0 Å². The topological polar surface area (TPSA) is 115 Å². The number of imidazole rings is 1. The zero-order chi connectivity index (χ0) is 37.8. The molecule has 282 valence electrons. The number of rotatable bonds is 11. The number of nitrogens with two attached hydrogens (primary N) is 1. The number of hydrogen-bond donors (Lipinski definition) is 3. The summed E-state index contributed by atoms with van der Waals surface area (Å²) >= 11 is 0. The normalized spacial score (nSPS) is 18.1. The molecule has 2 saturated heterocycles. The standard InChI is InChI=1S/C45H54N6O3/c1-30-11-5-6-15-37(30)48-44(53)49-38(29-42(46)52)32-17-22-41-39(28-32)47-43(51(41)26-23-31-13-10-25-50-24-8-7-16-40(31)50)33-12-9-14-36(27-33)54-35-20-18-34(19-21-35)45(2,3)4/h5-6,9,11-12,14-15,17-22,27-28,31,38,40H,7-8,10,13,16,23-26,29H2,1-4H3,(H2,46,52)(H2,48,49,53). The van der Waals surface area contributed by atoms with E-state index in [1.165, 1.54) is 50.8 Å². The first kappa shape index (κ1) is 37.2. The molecule has 3 heterocycles. The Bertz CT molecular complexity index is 2100. The fourth-order valence-electron chi connectivity index (χ4n) is 8.36. The number of amides is 3. The zero-order valence-corrected chi connectivity index (χ0v) is 32.1. The number of hydrogen-bond acceptors (Lipinski definition) is 5. The third-order valence-corrected chi connectivity index (χ3v) is 11.3. The maximum absolute atomic E-state index is 13.2. The number of benzene rings is 4. The van der Waals surface area contributed by atoms with E-state index in [4.69, 9.17) is 15.5 Å². The van der Waals surface area contributed by atoms with Gasteiger partial charge in [0, 0.05) is 23.8 Å². The second-order valence-corrected chi connectivity index (χ2v) is 16.2. The number of carbonyl (C=O) groups is 2. The van der Waals surface area contributed by atoms with E-state index in [0.29, 0.717) is 17.6 Å². The molecule has 0 saturated carbocycles. The Kier molecular flexibility index (Phi) is 11.1. The number of ether oxygens (including phenoxy) is 1. The first-order chi connectivity index (χ1) is 26.0. The molecule has 0 spiro atoms. The molecule has 2 aliphatic rings. The largest absolute Gasteiger partial charge is 0.457 e. The third-order valence-electron chi connectivity index (χ3n) is 11.3. The van der Waals surface area contributed by atoms with Gasteiger partial charge in [-0.05, 0) is 123 Å². The summed E-state index contributed by atoms with van der Waals surface area (Å²) in [6, 6.07) is 29.7. The molecule has 1 aromatic heterocycles. The lowest BCUT2D eigenvalue weighted by atomic mass is 9.81. The minimum atomic E-state index is -0.634. The molecule has 3 amide bonds. The van der Waals surface area contributed by atoms with Crippen molar-refractivity contribution in [1.29, 1.82) is 0 Å². The van der Waals surface area contributed by atoms with Gasteiger partial charge in [-0.3, -0.25) is 4.79 Å². The first-order valence-corrected chi connectivity index (χ1v) is 19.6. The summed E-state index contributed by atoms with van der Waals surface area (Å²) in [7, 11) is 0. The summed E-state index contributed by atoms with van der Waals surface area (Å²) < 4.78 is 8.73. The molecule has 4 N–H and O–H groups in total. The van der Waals surface area contributed by atoms with Crippen molar-refractivity contribution in [2.75, 3.05) is 18.4 Å². The van der Waals surface area contributed by atoms with Crippen LogP contribution in [0.4, 0.5) is 10.5 Å². The molecule has 9 nitrogen and oxygen atoms in total. The van der Waals surface area contributed by atoms with Crippen LogP contribution in [-0.4, -0.2) is 45.5 Å². The zero-order valence-electron chi connectivity index (χ0n) is 32.1. The van der Waals surface area contributed by atoms with Gasteiger partial charge in [0.2, 0.25) is 5.91 Å². The highest BCUT2D eigenvalue weighted by Gasteiger charge is 2.33. The van der Waals surface area contributed by atoms with Gasteiger partial charge < -0.3 is 30.6 Å². The lowest BCUT2D eigenvalue weighted by Crippen LogP contribution is -2.48. The van der Waals surface area contributed by atoms with Crippen molar-refractivity contribution >= 4 is 28.7 Å². The lowest BCUT2D eigenvalue weighted by molar-refractivity contribution is -0.118. The van der Waals surface area contributed by atoms with E-state index < -0.39 is 18.0 Å². The molecule has 54 heavy (non-hydrogen) atoms. The summed E-state index contributed by atoms with van der Waals surface area (Å²) in [4.78, 5) is 33.4. The van der Waals surface area contributed by atoms with Crippen molar-refractivity contribution in [1.82, 2.24) is 19.8 Å². The summed E-state index contributed by atoms with van der Waals surface area (Å²) in [5.41, 5.74) is 12.2. The van der Waals surface area contributed by atoms with Crippen LogP contribution in [-0.2, 0) is 16.8 Å². The van der Waals surface area contributed by atoms with E-state index in [0.717, 1.165) is 58.0 Å². The second-order valence-electron chi connectivity index (χ2n) is 16.2. The van der Waals surface area contributed by atoms with Gasteiger partial charge >= 0.3 is 6.03 Å². The number of urea groups is 1. The van der Waals surface area contributed by atoms with Gasteiger partial charge in [-0.25, -0.2) is 9.78 Å². The smallest absolute Gasteiger partial charge is 0.319 e. The number of para-hydroxylation sites is 1. The number of piperidine rings is 2. The van der Waals surface area contributed by atoms with Crippen molar-refractivity contribution < 1.29 is 14.3 Å². The van der Waals surface area contributed by atoms with Gasteiger partial charge in [-0.1, -0.05) is 75.7 Å². The number of anilines is 1. The van der Waals surface area contributed by atoms with Gasteiger partial charge in [0.05, 0.1) is 23.5 Å². The second kappa shape index (κ2) is 16.1.